The van der Waals surface area contributed by atoms with Crippen LogP contribution in [-0.4, -0.2) is 55.2 Å². The lowest BCUT2D eigenvalue weighted by Crippen LogP contribution is -2.29. The molecule has 3 heterocycles. The quantitative estimate of drug-likeness (QED) is 0.208. The number of methoxy groups -OCH3 is 3. The normalized spacial score (nSPS) is 19.6. The average molecular weight is 551 g/mol. The van der Waals surface area contributed by atoms with E-state index in [1.54, 1.807) is 43.3 Å². The molecule has 2 aliphatic heterocycles. The van der Waals surface area contributed by atoms with Gasteiger partial charge in [0.15, 0.2) is 16.6 Å². The van der Waals surface area contributed by atoms with Gasteiger partial charge in [-0.15, -0.1) is 0 Å². The van der Waals surface area contributed by atoms with Crippen LogP contribution in [-0.2, 0) is 20.7 Å². The number of aryl methyl sites for hydroxylation is 1. The Hall–Kier alpha value is -4.38. The Labute approximate surface area is 228 Å². The molecule has 2 unspecified atom stereocenters. The number of aromatic nitrogens is 1. The van der Waals surface area contributed by atoms with Crippen molar-refractivity contribution in [3.63, 3.8) is 0 Å². The van der Waals surface area contributed by atoms with Crippen LogP contribution in [0, 0.1) is 6.92 Å². The second-order valence-electron chi connectivity index (χ2n) is 9.14. The van der Waals surface area contributed by atoms with Crippen LogP contribution in [0.2, 0.25) is 0 Å². The minimum absolute atomic E-state index is 0.00751. The van der Waals surface area contributed by atoms with E-state index in [0.29, 0.717) is 40.5 Å². The van der Waals surface area contributed by atoms with E-state index in [1.165, 1.54) is 26.2 Å². The molecule has 2 aromatic carbocycles. The third-order valence-electron chi connectivity index (χ3n) is 6.70. The van der Waals surface area contributed by atoms with Crippen molar-refractivity contribution in [2.24, 2.45) is 0 Å². The second kappa shape index (κ2) is 10.1. The molecule has 1 saturated heterocycles. The van der Waals surface area contributed by atoms with Gasteiger partial charge in [0, 0.05) is 12.0 Å². The maximum atomic E-state index is 13.5. The van der Waals surface area contributed by atoms with E-state index in [1.807, 2.05) is 6.92 Å². The van der Waals surface area contributed by atoms with Crippen LogP contribution in [0.3, 0.4) is 0 Å². The molecule has 202 valence electrons. The van der Waals surface area contributed by atoms with Crippen LogP contribution in [0.4, 0.5) is 5.13 Å². The van der Waals surface area contributed by atoms with E-state index in [0.717, 1.165) is 16.9 Å². The first-order valence-electron chi connectivity index (χ1n) is 12.1. The van der Waals surface area contributed by atoms with Gasteiger partial charge < -0.3 is 24.1 Å². The van der Waals surface area contributed by atoms with Crippen molar-refractivity contribution < 1.29 is 38.4 Å². The summed E-state index contributed by atoms with van der Waals surface area (Å²) in [5.41, 5.74) is 1.97. The first-order valence-corrected chi connectivity index (χ1v) is 12.9. The number of hydrogen-bond donors (Lipinski definition) is 1. The number of amides is 1. The van der Waals surface area contributed by atoms with Crippen LogP contribution in [0.15, 0.2) is 42.0 Å². The molecule has 0 aliphatic carbocycles. The Morgan fingerprint density at radius 2 is 1.85 bits per heavy atom. The summed E-state index contributed by atoms with van der Waals surface area (Å²) in [4.78, 5) is 45.1. The number of carbonyl (C=O) groups excluding carboxylic acids is 3. The van der Waals surface area contributed by atoms with Crippen LogP contribution in [0.25, 0.3) is 5.76 Å². The van der Waals surface area contributed by atoms with E-state index in [-0.39, 0.29) is 27.4 Å². The number of Topliss-reactive ketones (excluding diaryl/α,β-unsaturated/α-hetero) is 1. The Kier molecular flexibility index (Phi) is 6.77. The number of aliphatic hydroxyl groups is 1. The number of esters is 1. The number of hydrogen-bond acceptors (Lipinski definition) is 10. The van der Waals surface area contributed by atoms with Gasteiger partial charge in [0.25, 0.3) is 5.78 Å². The number of anilines is 1. The smallest absolute Gasteiger partial charge is 0.350 e. The Balaban J connectivity index is 1.71. The summed E-state index contributed by atoms with van der Waals surface area (Å²) >= 11 is 0.928. The molecule has 0 spiro atoms. The highest BCUT2D eigenvalue weighted by Crippen LogP contribution is 2.46. The molecule has 2 atom stereocenters. The van der Waals surface area contributed by atoms with Crippen molar-refractivity contribution in [2.75, 3.05) is 26.2 Å². The summed E-state index contributed by atoms with van der Waals surface area (Å²) in [5, 5.41) is 11.6. The van der Waals surface area contributed by atoms with Gasteiger partial charge >= 0.3 is 11.9 Å². The molecule has 3 aromatic rings. The summed E-state index contributed by atoms with van der Waals surface area (Å²) in [5.74, 6) is -1.18. The zero-order valence-electron chi connectivity index (χ0n) is 21.9. The van der Waals surface area contributed by atoms with E-state index in [9.17, 15) is 19.5 Å². The highest BCUT2D eigenvalue weighted by molar-refractivity contribution is 7.17. The van der Waals surface area contributed by atoms with Crippen LogP contribution in [0.5, 0.6) is 17.2 Å². The number of benzene rings is 2. The van der Waals surface area contributed by atoms with Gasteiger partial charge in [-0.1, -0.05) is 17.4 Å². The predicted molar refractivity (Wildman–Crippen MR) is 143 cm³/mol. The third kappa shape index (κ3) is 4.38. The first-order chi connectivity index (χ1) is 18.7. The minimum atomic E-state index is -1.07. The summed E-state index contributed by atoms with van der Waals surface area (Å²) in [6.45, 7) is 3.56. The number of thiazole rings is 1. The lowest BCUT2D eigenvalue weighted by atomic mass is 9.94. The van der Waals surface area contributed by atoms with Crippen LogP contribution < -0.4 is 19.1 Å². The van der Waals surface area contributed by atoms with Gasteiger partial charge in [-0.25, -0.2) is 9.78 Å². The van der Waals surface area contributed by atoms with Gasteiger partial charge in [0.05, 0.1) is 38.6 Å². The fourth-order valence-electron chi connectivity index (χ4n) is 4.86. The number of rotatable bonds is 6. The van der Waals surface area contributed by atoms with Crippen LogP contribution >= 0.6 is 11.3 Å². The molecule has 0 bridgehead atoms. The first kappa shape index (κ1) is 26.2. The number of ether oxygens (including phenoxy) is 4. The molecule has 10 nitrogen and oxygen atoms in total. The fraction of sp³-hybridized carbons (Fsp3) is 0.286. The molecule has 0 radical (unpaired) electrons. The summed E-state index contributed by atoms with van der Waals surface area (Å²) < 4.78 is 21.4. The lowest BCUT2D eigenvalue weighted by Gasteiger charge is -2.23. The lowest BCUT2D eigenvalue weighted by molar-refractivity contribution is -0.132. The zero-order chi connectivity index (χ0) is 28.0. The van der Waals surface area contributed by atoms with Gasteiger partial charge in [-0.05, 0) is 55.3 Å². The molecule has 0 saturated carbocycles. The average Bonchev–Trinajstić information content (AvgIpc) is 3.59. The van der Waals surface area contributed by atoms with E-state index >= 15 is 0 Å². The second-order valence-corrected chi connectivity index (χ2v) is 10.1. The van der Waals surface area contributed by atoms with Crippen molar-refractivity contribution in [2.45, 2.75) is 32.4 Å². The monoisotopic (exact) mass is 550 g/mol. The Morgan fingerprint density at radius 3 is 2.54 bits per heavy atom. The number of carbonyl (C=O) groups is 3. The van der Waals surface area contributed by atoms with Gasteiger partial charge in [0.1, 0.15) is 22.5 Å². The van der Waals surface area contributed by atoms with Gasteiger partial charge in [-0.2, -0.15) is 0 Å². The zero-order valence-corrected chi connectivity index (χ0v) is 22.8. The molecule has 1 amide bonds. The minimum Gasteiger partial charge on any atom is -0.507 e. The topological polar surface area (TPSA) is 124 Å². The maximum absolute atomic E-state index is 13.5. The summed E-state index contributed by atoms with van der Waals surface area (Å²) in [6.07, 6.45) is 0.644. The van der Waals surface area contributed by atoms with Crippen LogP contribution in [0.1, 0.15) is 45.0 Å². The summed E-state index contributed by atoms with van der Waals surface area (Å²) in [6, 6.07) is 9.04. The Morgan fingerprint density at radius 1 is 1.10 bits per heavy atom. The van der Waals surface area contributed by atoms with Crippen molar-refractivity contribution in [1.29, 1.82) is 0 Å². The number of nitrogens with zero attached hydrogens (tertiary/aromatic N) is 2. The summed E-state index contributed by atoms with van der Waals surface area (Å²) in [7, 11) is 4.22. The fourth-order valence-corrected chi connectivity index (χ4v) is 5.87. The molecular formula is C28H26N2O8S. The van der Waals surface area contributed by atoms with Crippen molar-refractivity contribution >= 4 is 39.9 Å². The van der Waals surface area contributed by atoms with E-state index in [2.05, 4.69) is 4.98 Å². The van der Waals surface area contributed by atoms with Gasteiger partial charge in [-0.3, -0.25) is 14.5 Å². The largest absolute Gasteiger partial charge is 0.507 e. The van der Waals surface area contributed by atoms with Crippen molar-refractivity contribution in [3.05, 3.63) is 69.2 Å². The Bertz CT molecular complexity index is 1540. The molecule has 5 rings (SSSR count). The SMILES string of the molecule is COC(=O)c1sc(N2C(=O)C(=O)/C(=C(/O)c3ccc4c(c3)CC(C)O4)C2c2ccc(OC)c(OC)c2)nc1C. The van der Waals surface area contributed by atoms with Crippen molar-refractivity contribution in [1.82, 2.24) is 4.98 Å². The highest BCUT2D eigenvalue weighted by Gasteiger charge is 2.48. The molecule has 39 heavy (non-hydrogen) atoms. The standard InChI is InChI=1S/C28H26N2O8S/c1-13-10-17-11-16(7-8-18(17)38-13)23(31)21-22(15-6-9-19(35-3)20(12-15)36-4)30(26(33)24(21)32)28-29-14(2)25(39-28)27(34)37-5/h6-9,11-13,22,31H,10H2,1-5H3/b23-21+. The number of aliphatic hydroxyl groups excluding tert-OH is 1. The third-order valence-corrected chi connectivity index (χ3v) is 7.84. The molecule has 11 heteroatoms. The molecule has 1 fully saturated rings. The number of fused-ring (bicyclic) bond motifs is 1. The number of ketones is 1. The van der Waals surface area contributed by atoms with E-state index < -0.39 is 23.7 Å². The molecule has 1 N–H and O–H groups in total. The van der Waals surface area contributed by atoms with Gasteiger partial charge in [0.2, 0.25) is 0 Å². The molecule has 1 aromatic heterocycles. The maximum Gasteiger partial charge on any atom is 0.350 e. The molecule has 2 aliphatic rings. The van der Waals surface area contributed by atoms with E-state index in [4.69, 9.17) is 18.9 Å². The van der Waals surface area contributed by atoms with Crippen molar-refractivity contribution in [3.8, 4) is 17.2 Å². The molecular weight excluding hydrogens is 524 g/mol. The highest BCUT2D eigenvalue weighted by atomic mass is 32.1. The predicted octanol–water partition coefficient (Wildman–Crippen LogP) is 4.21.